The van der Waals surface area contributed by atoms with E-state index in [1.54, 1.807) is 11.9 Å². The number of aliphatic hydroxyl groups excluding tert-OH is 1. The first-order valence-corrected chi connectivity index (χ1v) is 4.69. The van der Waals surface area contributed by atoms with Crippen LogP contribution < -0.4 is 5.32 Å². The number of nitrogens with one attached hydrogen (secondary N) is 1. The molecule has 1 rings (SSSR count). The van der Waals surface area contributed by atoms with Crippen LogP contribution in [0.2, 0.25) is 0 Å². The Bertz CT molecular complexity index is 194. The Labute approximate surface area is 78.9 Å². The molecule has 4 heteroatoms. The molecule has 0 aromatic carbocycles. The first kappa shape index (κ1) is 10.5. The van der Waals surface area contributed by atoms with Crippen LogP contribution in [0.5, 0.6) is 0 Å². The smallest absolute Gasteiger partial charge is 0.225 e. The first-order chi connectivity index (χ1) is 6.04. The molecule has 1 aliphatic heterocycles. The molecule has 0 radical (unpaired) electrons. The average Bonchev–Trinajstić information content (AvgIpc) is 2.48. The molecule has 1 heterocycles. The summed E-state index contributed by atoms with van der Waals surface area (Å²) in [5.41, 5.74) is 0. The van der Waals surface area contributed by atoms with Crippen molar-refractivity contribution in [1.29, 1.82) is 0 Å². The quantitative estimate of drug-likeness (QED) is 0.607. The fourth-order valence-electron chi connectivity index (χ4n) is 1.62. The van der Waals surface area contributed by atoms with Crippen LogP contribution in [0.4, 0.5) is 0 Å². The van der Waals surface area contributed by atoms with E-state index in [4.69, 9.17) is 0 Å². The maximum atomic E-state index is 11.6. The minimum Gasteiger partial charge on any atom is -0.390 e. The molecule has 13 heavy (non-hydrogen) atoms. The molecule has 2 N–H and O–H groups in total. The van der Waals surface area contributed by atoms with Crippen LogP contribution in [0.1, 0.15) is 13.8 Å². The van der Waals surface area contributed by atoms with Crippen molar-refractivity contribution in [3.63, 3.8) is 0 Å². The van der Waals surface area contributed by atoms with Crippen molar-refractivity contribution in [2.24, 2.45) is 5.92 Å². The molecule has 0 unspecified atom stereocenters. The number of hydrogen-bond acceptors (Lipinski definition) is 3. The topological polar surface area (TPSA) is 52.6 Å². The summed E-state index contributed by atoms with van der Waals surface area (Å²) in [6.45, 7) is 5.01. The fourth-order valence-corrected chi connectivity index (χ4v) is 1.62. The lowest BCUT2D eigenvalue weighted by molar-refractivity contribution is -0.136. The van der Waals surface area contributed by atoms with E-state index >= 15 is 0 Å². The molecule has 0 aromatic heterocycles. The van der Waals surface area contributed by atoms with Crippen LogP contribution in [0.25, 0.3) is 0 Å². The second kappa shape index (κ2) is 4.07. The average molecular weight is 186 g/mol. The number of aliphatic hydroxyl groups is 1. The number of carbonyl (C=O) groups is 1. The molecule has 76 valence electrons. The van der Waals surface area contributed by atoms with Gasteiger partial charge in [-0.1, -0.05) is 13.8 Å². The van der Waals surface area contributed by atoms with E-state index in [0.717, 1.165) is 0 Å². The lowest BCUT2D eigenvalue weighted by Gasteiger charge is -2.27. The number of β-amino-alcohol motifs (C(OH)–C–C–N with tert-alkyl or cyclic N) is 1. The summed E-state index contributed by atoms with van der Waals surface area (Å²) in [4.78, 5) is 13.2. The van der Waals surface area contributed by atoms with Gasteiger partial charge in [-0.25, -0.2) is 0 Å². The van der Waals surface area contributed by atoms with Crippen LogP contribution in [0, 0.1) is 5.92 Å². The van der Waals surface area contributed by atoms with E-state index in [-0.39, 0.29) is 17.9 Å². The Hall–Kier alpha value is -0.610. The molecule has 1 saturated heterocycles. The highest BCUT2D eigenvalue weighted by Crippen LogP contribution is 2.10. The Morgan fingerprint density at radius 2 is 2.15 bits per heavy atom. The molecule has 1 aliphatic rings. The Kier molecular flexibility index (Phi) is 3.27. The number of carbonyl (C=O) groups excluding carboxylic acids is 1. The maximum Gasteiger partial charge on any atom is 0.225 e. The molecule has 4 nitrogen and oxygen atoms in total. The monoisotopic (exact) mass is 186 g/mol. The predicted octanol–water partition coefficient (Wildman–Crippen LogP) is -0.566. The van der Waals surface area contributed by atoms with Gasteiger partial charge in [-0.2, -0.15) is 0 Å². The third kappa shape index (κ3) is 2.19. The van der Waals surface area contributed by atoms with Crippen molar-refractivity contribution in [3.05, 3.63) is 0 Å². The second-order valence-corrected chi connectivity index (χ2v) is 3.90. The van der Waals surface area contributed by atoms with Gasteiger partial charge in [-0.15, -0.1) is 0 Å². The van der Waals surface area contributed by atoms with Crippen LogP contribution in [-0.4, -0.2) is 48.2 Å². The predicted molar refractivity (Wildman–Crippen MR) is 50.3 cm³/mol. The number of likely N-dealkylation sites (N-methyl/N-ethyl adjacent to an activating group) is 1. The minimum absolute atomic E-state index is 0.00204. The van der Waals surface area contributed by atoms with Gasteiger partial charge in [0, 0.05) is 26.1 Å². The van der Waals surface area contributed by atoms with E-state index in [1.807, 2.05) is 13.8 Å². The molecule has 0 aromatic rings. The van der Waals surface area contributed by atoms with E-state index in [9.17, 15) is 9.90 Å². The van der Waals surface area contributed by atoms with Gasteiger partial charge in [0.15, 0.2) is 0 Å². The van der Waals surface area contributed by atoms with Gasteiger partial charge >= 0.3 is 0 Å². The largest absolute Gasteiger partial charge is 0.390 e. The maximum absolute atomic E-state index is 11.6. The summed E-state index contributed by atoms with van der Waals surface area (Å²) in [5, 5.41) is 12.6. The molecule has 1 amide bonds. The standard InChI is InChI=1S/C9H18N2O2/c1-6(2)9(13)11(3)7-4-10-5-8(7)12/h6-8,10,12H,4-5H2,1-3H3/t7-,8-/m1/s1. The van der Waals surface area contributed by atoms with Crippen LogP contribution >= 0.6 is 0 Å². The zero-order valence-electron chi connectivity index (χ0n) is 8.45. The van der Waals surface area contributed by atoms with Gasteiger partial charge in [0.2, 0.25) is 5.91 Å². The first-order valence-electron chi connectivity index (χ1n) is 4.69. The molecule has 1 fully saturated rings. The number of amides is 1. The molecule has 0 aliphatic carbocycles. The number of nitrogens with zero attached hydrogens (tertiary/aromatic N) is 1. The van der Waals surface area contributed by atoms with E-state index in [1.165, 1.54) is 0 Å². The Morgan fingerprint density at radius 1 is 1.54 bits per heavy atom. The van der Waals surface area contributed by atoms with Crippen molar-refractivity contribution in [2.45, 2.75) is 26.0 Å². The zero-order chi connectivity index (χ0) is 10.0. The highest BCUT2D eigenvalue weighted by Gasteiger charge is 2.31. The molecule has 0 bridgehead atoms. The summed E-state index contributed by atoms with van der Waals surface area (Å²) in [6, 6.07) is -0.0603. The highest BCUT2D eigenvalue weighted by molar-refractivity contribution is 5.78. The molecule has 0 saturated carbocycles. The summed E-state index contributed by atoms with van der Waals surface area (Å²) < 4.78 is 0. The SMILES string of the molecule is CC(C)C(=O)N(C)[C@@H]1CNC[C@H]1O. The van der Waals surface area contributed by atoms with Crippen molar-refractivity contribution < 1.29 is 9.90 Å². The molecular formula is C9H18N2O2. The molecule has 2 atom stereocenters. The van der Waals surface area contributed by atoms with Gasteiger partial charge in [-0.05, 0) is 0 Å². The minimum atomic E-state index is -0.423. The third-order valence-electron chi connectivity index (χ3n) is 2.49. The van der Waals surface area contributed by atoms with E-state index < -0.39 is 6.10 Å². The van der Waals surface area contributed by atoms with Crippen molar-refractivity contribution in [1.82, 2.24) is 10.2 Å². The highest BCUT2D eigenvalue weighted by atomic mass is 16.3. The summed E-state index contributed by atoms with van der Waals surface area (Å²) >= 11 is 0. The lowest BCUT2D eigenvalue weighted by Crippen LogP contribution is -2.45. The van der Waals surface area contributed by atoms with E-state index in [2.05, 4.69) is 5.32 Å². The third-order valence-corrected chi connectivity index (χ3v) is 2.49. The summed E-state index contributed by atoms with van der Waals surface area (Å²) in [6.07, 6.45) is -0.423. The number of rotatable bonds is 2. The summed E-state index contributed by atoms with van der Waals surface area (Å²) in [7, 11) is 1.75. The Morgan fingerprint density at radius 3 is 2.54 bits per heavy atom. The Balaban J connectivity index is 2.56. The van der Waals surface area contributed by atoms with Crippen molar-refractivity contribution in [3.8, 4) is 0 Å². The lowest BCUT2D eigenvalue weighted by atomic mass is 10.1. The van der Waals surface area contributed by atoms with Crippen molar-refractivity contribution >= 4 is 5.91 Å². The van der Waals surface area contributed by atoms with Gasteiger partial charge in [0.25, 0.3) is 0 Å². The van der Waals surface area contributed by atoms with Crippen molar-refractivity contribution in [2.75, 3.05) is 20.1 Å². The van der Waals surface area contributed by atoms with Gasteiger partial charge in [0.05, 0.1) is 12.1 Å². The van der Waals surface area contributed by atoms with E-state index in [0.29, 0.717) is 13.1 Å². The molecular weight excluding hydrogens is 168 g/mol. The van der Waals surface area contributed by atoms with Crippen LogP contribution in [0.15, 0.2) is 0 Å². The second-order valence-electron chi connectivity index (χ2n) is 3.90. The normalized spacial score (nSPS) is 28.1. The van der Waals surface area contributed by atoms with Gasteiger partial charge < -0.3 is 15.3 Å². The molecule has 0 spiro atoms. The van der Waals surface area contributed by atoms with Crippen LogP contribution in [-0.2, 0) is 4.79 Å². The van der Waals surface area contributed by atoms with Gasteiger partial charge in [-0.3, -0.25) is 4.79 Å². The fraction of sp³-hybridized carbons (Fsp3) is 0.889. The zero-order valence-corrected chi connectivity index (χ0v) is 8.45. The number of hydrogen-bond donors (Lipinski definition) is 2. The summed E-state index contributed by atoms with van der Waals surface area (Å²) in [5.74, 6) is 0.0885. The van der Waals surface area contributed by atoms with Crippen LogP contribution in [0.3, 0.4) is 0 Å². The van der Waals surface area contributed by atoms with Gasteiger partial charge in [0.1, 0.15) is 0 Å².